The van der Waals surface area contributed by atoms with Crippen LogP contribution < -0.4 is 16.0 Å². The molecule has 3 rings (SSSR count). The lowest BCUT2D eigenvalue weighted by Gasteiger charge is -2.25. The van der Waals surface area contributed by atoms with Gasteiger partial charge in [0, 0.05) is 19.1 Å². The number of nitrogens with zero attached hydrogens (tertiary/aromatic N) is 2. The molecule has 1 amide bonds. The number of carbonyl (C=O) groups is 1. The van der Waals surface area contributed by atoms with E-state index < -0.39 is 0 Å². The molecule has 5 nitrogen and oxygen atoms in total. The standard InChI is InChI=1S/C15H24N4OS/c1-10(9-11-5-6-11)17-14(20)12-13(16)18-15(21-12)19-7-3-2-4-8-19/h10-11H,2-9,16H2,1H3,(H,17,20). The molecule has 1 aromatic rings. The lowest BCUT2D eigenvalue weighted by Crippen LogP contribution is -2.32. The number of nitrogens with one attached hydrogen (secondary N) is 1. The molecule has 2 aliphatic rings. The van der Waals surface area contributed by atoms with Gasteiger partial charge >= 0.3 is 0 Å². The summed E-state index contributed by atoms with van der Waals surface area (Å²) in [6.45, 7) is 4.11. The molecule has 6 heteroatoms. The van der Waals surface area contributed by atoms with E-state index in [1.807, 2.05) is 0 Å². The minimum absolute atomic E-state index is 0.0681. The van der Waals surface area contributed by atoms with E-state index in [4.69, 9.17) is 5.73 Å². The van der Waals surface area contributed by atoms with E-state index in [9.17, 15) is 4.79 Å². The Morgan fingerprint density at radius 2 is 2.14 bits per heavy atom. The predicted octanol–water partition coefficient (Wildman–Crippen LogP) is 2.63. The Labute approximate surface area is 129 Å². The Balaban J connectivity index is 1.63. The van der Waals surface area contributed by atoms with Crippen LogP contribution in [-0.2, 0) is 0 Å². The first-order chi connectivity index (χ1) is 10.1. The summed E-state index contributed by atoms with van der Waals surface area (Å²) in [7, 11) is 0. The van der Waals surface area contributed by atoms with Gasteiger partial charge in [-0.05, 0) is 38.5 Å². The Morgan fingerprint density at radius 1 is 1.43 bits per heavy atom. The minimum atomic E-state index is -0.0681. The second-order valence-corrected chi connectivity index (χ2v) is 7.29. The van der Waals surface area contributed by atoms with Crippen LogP contribution in [0.1, 0.15) is 55.1 Å². The summed E-state index contributed by atoms with van der Waals surface area (Å²) in [6.07, 6.45) is 7.36. The van der Waals surface area contributed by atoms with Crippen molar-refractivity contribution >= 4 is 28.2 Å². The fourth-order valence-electron chi connectivity index (χ4n) is 2.91. The fraction of sp³-hybridized carbons (Fsp3) is 0.733. The molecule has 1 unspecified atom stereocenters. The average Bonchev–Trinajstić information content (AvgIpc) is 3.19. The van der Waals surface area contributed by atoms with E-state index in [1.54, 1.807) is 0 Å². The summed E-state index contributed by atoms with van der Waals surface area (Å²) < 4.78 is 0. The second-order valence-electron chi connectivity index (χ2n) is 6.31. The van der Waals surface area contributed by atoms with Crippen LogP contribution >= 0.6 is 11.3 Å². The molecule has 0 radical (unpaired) electrons. The predicted molar refractivity (Wildman–Crippen MR) is 86.9 cm³/mol. The quantitative estimate of drug-likeness (QED) is 0.877. The number of hydrogen-bond donors (Lipinski definition) is 2. The summed E-state index contributed by atoms with van der Waals surface area (Å²) in [6, 6.07) is 0.213. The summed E-state index contributed by atoms with van der Waals surface area (Å²) in [5, 5.41) is 3.95. The van der Waals surface area contributed by atoms with Gasteiger partial charge in [-0.25, -0.2) is 4.98 Å². The third-order valence-corrected chi connectivity index (χ3v) is 5.37. The number of thiazole rings is 1. The normalized spacial score (nSPS) is 20.3. The molecule has 1 aromatic heterocycles. The van der Waals surface area contributed by atoms with Crippen molar-refractivity contribution in [2.75, 3.05) is 23.7 Å². The first-order valence-electron chi connectivity index (χ1n) is 7.95. The molecule has 1 atom stereocenters. The van der Waals surface area contributed by atoms with Crippen molar-refractivity contribution < 1.29 is 4.79 Å². The average molecular weight is 308 g/mol. The van der Waals surface area contributed by atoms with Gasteiger partial charge in [-0.1, -0.05) is 24.2 Å². The Hall–Kier alpha value is -1.30. The van der Waals surface area contributed by atoms with Crippen molar-refractivity contribution in [1.82, 2.24) is 10.3 Å². The van der Waals surface area contributed by atoms with Gasteiger partial charge in [0.1, 0.15) is 10.7 Å². The maximum atomic E-state index is 12.3. The molecule has 1 saturated heterocycles. The molecule has 1 aliphatic carbocycles. The van der Waals surface area contributed by atoms with Gasteiger partial charge in [0.25, 0.3) is 5.91 Å². The first kappa shape index (κ1) is 14.6. The zero-order valence-electron chi connectivity index (χ0n) is 12.6. The van der Waals surface area contributed by atoms with Gasteiger partial charge in [0.05, 0.1) is 0 Å². The Kier molecular flexibility index (Phi) is 4.33. The molecular formula is C15H24N4OS. The molecule has 2 fully saturated rings. The van der Waals surface area contributed by atoms with Gasteiger partial charge in [-0.3, -0.25) is 4.79 Å². The summed E-state index contributed by atoms with van der Waals surface area (Å²) in [5.41, 5.74) is 5.95. The summed E-state index contributed by atoms with van der Waals surface area (Å²) in [4.78, 5) is 19.5. The molecule has 0 aromatic carbocycles. The lowest BCUT2D eigenvalue weighted by atomic mass is 10.1. The number of hydrogen-bond acceptors (Lipinski definition) is 5. The van der Waals surface area contributed by atoms with E-state index in [0.717, 1.165) is 30.6 Å². The monoisotopic (exact) mass is 308 g/mol. The highest BCUT2D eigenvalue weighted by Gasteiger charge is 2.26. The second kappa shape index (κ2) is 6.22. The number of amides is 1. The molecule has 116 valence electrons. The third kappa shape index (κ3) is 3.67. The summed E-state index contributed by atoms with van der Waals surface area (Å²) in [5.74, 6) is 1.11. The molecule has 21 heavy (non-hydrogen) atoms. The molecule has 3 N–H and O–H groups in total. The van der Waals surface area contributed by atoms with Crippen molar-refractivity contribution in [2.45, 2.75) is 51.5 Å². The van der Waals surface area contributed by atoms with Gasteiger partial charge < -0.3 is 16.0 Å². The number of rotatable bonds is 5. The fourth-order valence-corrected chi connectivity index (χ4v) is 3.85. The molecule has 1 saturated carbocycles. The van der Waals surface area contributed by atoms with Crippen LogP contribution in [0.5, 0.6) is 0 Å². The van der Waals surface area contributed by atoms with Crippen LogP contribution in [-0.4, -0.2) is 30.0 Å². The van der Waals surface area contributed by atoms with E-state index in [2.05, 4.69) is 22.1 Å². The largest absolute Gasteiger partial charge is 0.382 e. The highest BCUT2D eigenvalue weighted by molar-refractivity contribution is 7.18. The van der Waals surface area contributed by atoms with Crippen molar-refractivity contribution in [2.24, 2.45) is 5.92 Å². The number of piperidine rings is 1. The molecule has 0 bridgehead atoms. The van der Waals surface area contributed by atoms with Crippen molar-refractivity contribution in [3.63, 3.8) is 0 Å². The number of anilines is 2. The van der Waals surface area contributed by atoms with Crippen molar-refractivity contribution in [3.05, 3.63) is 4.88 Å². The van der Waals surface area contributed by atoms with Gasteiger partial charge in [0.15, 0.2) is 5.13 Å². The van der Waals surface area contributed by atoms with Crippen LogP contribution in [0.4, 0.5) is 10.9 Å². The maximum Gasteiger partial charge on any atom is 0.265 e. The van der Waals surface area contributed by atoms with Crippen LogP contribution in [0.3, 0.4) is 0 Å². The van der Waals surface area contributed by atoms with E-state index in [-0.39, 0.29) is 11.9 Å². The topological polar surface area (TPSA) is 71.2 Å². The Bertz CT molecular complexity index is 506. The smallest absolute Gasteiger partial charge is 0.265 e. The van der Waals surface area contributed by atoms with Crippen molar-refractivity contribution in [1.29, 1.82) is 0 Å². The van der Waals surface area contributed by atoms with Crippen molar-refractivity contribution in [3.8, 4) is 0 Å². The highest BCUT2D eigenvalue weighted by atomic mass is 32.1. The molecular weight excluding hydrogens is 284 g/mol. The zero-order valence-corrected chi connectivity index (χ0v) is 13.4. The lowest BCUT2D eigenvalue weighted by molar-refractivity contribution is 0.0942. The van der Waals surface area contributed by atoms with Crippen LogP contribution in [0.25, 0.3) is 0 Å². The van der Waals surface area contributed by atoms with E-state index in [1.165, 1.54) is 43.4 Å². The highest BCUT2D eigenvalue weighted by Crippen LogP contribution is 2.34. The number of aromatic nitrogens is 1. The van der Waals surface area contributed by atoms with E-state index in [0.29, 0.717) is 10.7 Å². The van der Waals surface area contributed by atoms with Crippen LogP contribution in [0.15, 0.2) is 0 Å². The van der Waals surface area contributed by atoms with Gasteiger partial charge in [-0.15, -0.1) is 0 Å². The number of nitrogens with two attached hydrogens (primary N) is 1. The Morgan fingerprint density at radius 3 is 2.81 bits per heavy atom. The maximum absolute atomic E-state index is 12.3. The van der Waals surface area contributed by atoms with E-state index >= 15 is 0 Å². The minimum Gasteiger partial charge on any atom is -0.382 e. The number of carbonyl (C=O) groups excluding carboxylic acids is 1. The molecule has 2 heterocycles. The first-order valence-corrected chi connectivity index (χ1v) is 8.77. The summed E-state index contributed by atoms with van der Waals surface area (Å²) >= 11 is 1.43. The molecule has 0 spiro atoms. The molecule has 1 aliphatic heterocycles. The van der Waals surface area contributed by atoms with Crippen LogP contribution in [0, 0.1) is 5.92 Å². The van der Waals surface area contributed by atoms with Gasteiger partial charge in [0.2, 0.25) is 0 Å². The van der Waals surface area contributed by atoms with Gasteiger partial charge in [-0.2, -0.15) is 0 Å². The third-order valence-electron chi connectivity index (χ3n) is 4.24. The zero-order chi connectivity index (χ0) is 14.8. The number of nitrogen functional groups attached to an aromatic ring is 1. The van der Waals surface area contributed by atoms with Crippen LogP contribution in [0.2, 0.25) is 0 Å². The SMILES string of the molecule is CC(CC1CC1)NC(=O)c1sc(N2CCCCC2)nc1N.